The van der Waals surface area contributed by atoms with Gasteiger partial charge in [-0.1, -0.05) is 101 Å². The highest BCUT2D eigenvalue weighted by molar-refractivity contribution is 5.94. The smallest absolute Gasteiger partial charge is 0.323 e. The molecule has 504 valence electrons. The standard InChI is InChI=1S/2C17H20N2O5.2C11H12N2O2.C11H14N2.3CH4/c2*1-5-6-15(20)18-14-8-7-13(19(22)23)11-12(14)9-10-17(2,3)16(21)24-4;2*1-7(2)11-6-8-5-9(13(14)15)3-4-10(8)12-11;1-7(2)11-6-8-5-9(12)3-4-10(8)13-11;;;/h2*7-8,11H,5-6H2,1-4H3,(H,18,20);2*3-7,12H,1-2H3;3-7,13H,12H2,1-2H3;3*1H4. The van der Waals surface area contributed by atoms with Crippen LogP contribution in [0.3, 0.4) is 0 Å². The van der Waals surface area contributed by atoms with Crippen LogP contribution in [0.4, 0.5) is 39.8 Å². The quantitative estimate of drug-likeness (QED) is 0.0183. The van der Waals surface area contributed by atoms with E-state index in [2.05, 4.69) is 106 Å². The maximum atomic E-state index is 11.8. The Hall–Kier alpha value is -10.9. The van der Waals surface area contributed by atoms with Crippen LogP contribution in [0.5, 0.6) is 0 Å². The Labute approximate surface area is 549 Å². The number of nitrogens with one attached hydrogen (secondary N) is 5. The lowest BCUT2D eigenvalue weighted by Gasteiger charge is -2.13. The van der Waals surface area contributed by atoms with Crippen LogP contribution in [0.15, 0.2) is 109 Å². The fourth-order valence-electron chi connectivity index (χ4n) is 8.27. The molecule has 7 N–H and O–H groups in total. The van der Waals surface area contributed by atoms with E-state index in [1.54, 1.807) is 52.0 Å². The molecule has 0 aliphatic carbocycles. The number of hydrogen-bond donors (Lipinski definition) is 6. The number of anilines is 3. The van der Waals surface area contributed by atoms with Crippen molar-refractivity contribution in [2.45, 2.75) is 149 Å². The number of non-ortho nitro benzene ring substituents is 4. The normalized spacial score (nSPS) is 10.4. The minimum Gasteiger partial charge on any atom is -0.468 e. The average Bonchev–Trinajstić information content (AvgIpc) is 1.60. The Bertz CT molecular complexity index is 3870. The third kappa shape index (κ3) is 23.7. The summed E-state index contributed by atoms with van der Waals surface area (Å²) in [6, 6.07) is 29.7. The van der Waals surface area contributed by atoms with Crippen molar-refractivity contribution in [3.8, 4) is 23.7 Å². The number of methoxy groups -OCH3 is 2. The number of nitrogens with zero attached hydrogens (tertiary/aromatic N) is 4. The van der Waals surface area contributed by atoms with Gasteiger partial charge in [0.15, 0.2) is 0 Å². The molecule has 8 aromatic rings. The third-order valence-corrected chi connectivity index (χ3v) is 13.5. The molecule has 2 amide bonds. The lowest BCUT2D eigenvalue weighted by molar-refractivity contribution is -0.385. The zero-order chi connectivity index (χ0) is 68.1. The number of nitro benzene ring substituents is 4. The summed E-state index contributed by atoms with van der Waals surface area (Å²) >= 11 is 0. The molecule has 0 radical (unpaired) electrons. The van der Waals surface area contributed by atoms with Crippen LogP contribution >= 0.6 is 0 Å². The summed E-state index contributed by atoms with van der Waals surface area (Å²) in [6.45, 7) is 22.7. The number of carbonyl (C=O) groups is 4. The number of aromatic amines is 3. The number of rotatable bonds is 15. The van der Waals surface area contributed by atoms with Crippen LogP contribution in [0, 0.1) is 75.0 Å². The average molecular weight is 1300 g/mol. The zero-order valence-electron chi connectivity index (χ0n) is 53.5. The first-order valence-corrected chi connectivity index (χ1v) is 29.1. The zero-order valence-corrected chi connectivity index (χ0v) is 53.5. The third-order valence-electron chi connectivity index (χ3n) is 13.5. The van der Waals surface area contributed by atoms with Gasteiger partial charge in [-0.2, -0.15) is 0 Å². The molecule has 0 saturated carbocycles. The van der Waals surface area contributed by atoms with Crippen molar-refractivity contribution in [1.29, 1.82) is 0 Å². The van der Waals surface area contributed by atoms with Crippen LogP contribution in [-0.2, 0) is 28.7 Å². The maximum Gasteiger partial charge on any atom is 0.323 e. The molecule has 0 bridgehead atoms. The van der Waals surface area contributed by atoms with Crippen molar-refractivity contribution < 1.29 is 48.3 Å². The molecular weight excluding hydrogens is 1200 g/mol. The van der Waals surface area contributed by atoms with E-state index in [-0.39, 0.29) is 77.8 Å². The molecule has 0 aliphatic heterocycles. The van der Waals surface area contributed by atoms with E-state index in [0.717, 1.165) is 44.4 Å². The number of amides is 2. The first-order chi connectivity index (χ1) is 42.7. The van der Waals surface area contributed by atoms with Crippen molar-refractivity contribution in [3.63, 3.8) is 0 Å². The summed E-state index contributed by atoms with van der Waals surface area (Å²) in [5.41, 5.74) is 12.1. The number of esters is 2. The molecule has 0 fully saturated rings. The molecule has 0 spiro atoms. The van der Waals surface area contributed by atoms with E-state index < -0.39 is 32.6 Å². The van der Waals surface area contributed by atoms with Crippen LogP contribution < -0.4 is 16.4 Å². The molecule has 0 unspecified atom stereocenters. The highest BCUT2D eigenvalue weighted by Gasteiger charge is 2.27. The van der Waals surface area contributed by atoms with E-state index in [0.29, 0.717) is 54.8 Å². The van der Waals surface area contributed by atoms with E-state index in [1.165, 1.54) is 73.8 Å². The van der Waals surface area contributed by atoms with Crippen molar-refractivity contribution in [2.75, 3.05) is 30.6 Å². The number of fused-ring (bicyclic) bond motifs is 3. The van der Waals surface area contributed by atoms with Gasteiger partial charge >= 0.3 is 11.9 Å². The number of nitro groups is 4. The second-order valence-corrected chi connectivity index (χ2v) is 22.8. The van der Waals surface area contributed by atoms with Gasteiger partial charge < -0.3 is 40.8 Å². The van der Waals surface area contributed by atoms with Crippen molar-refractivity contribution in [3.05, 3.63) is 178 Å². The Morgan fingerprint density at radius 3 is 1.05 bits per heavy atom. The van der Waals surface area contributed by atoms with E-state index >= 15 is 0 Å². The number of ether oxygens (including phenoxy) is 2. The molecule has 0 saturated heterocycles. The van der Waals surface area contributed by atoms with Gasteiger partial charge in [-0.05, 0) is 119 Å². The number of aromatic nitrogens is 3. The molecule has 0 atom stereocenters. The first-order valence-electron chi connectivity index (χ1n) is 29.1. The highest BCUT2D eigenvalue weighted by atomic mass is 16.6. The molecule has 5 aromatic carbocycles. The van der Waals surface area contributed by atoms with E-state index in [4.69, 9.17) is 5.73 Å². The number of hydrogen-bond acceptors (Lipinski definition) is 15. The predicted octanol–water partition coefficient (Wildman–Crippen LogP) is 16.9. The van der Waals surface area contributed by atoms with Crippen LogP contribution in [0.25, 0.3) is 32.7 Å². The molecular formula is C70H90N10O14. The summed E-state index contributed by atoms with van der Waals surface area (Å²) in [5, 5.41) is 51.4. The van der Waals surface area contributed by atoms with Crippen LogP contribution in [0.1, 0.15) is 177 Å². The summed E-state index contributed by atoms with van der Waals surface area (Å²) in [5.74, 6) is 10.8. The van der Waals surface area contributed by atoms with Gasteiger partial charge in [-0.3, -0.25) is 59.6 Å². The predicted molar refractivity (Wildman–Crippen MR) is 374 cm³/mol. The molecule has 3 heterocycles. The lowest BCUT2D eigenvalue weighted by Crippen LogP contribution is -2.23. The molecule has 8 rings (SSSR count). The molecule has 3 aromatic heterocycles. The van der Waals surface area contributed by atoms with Crippen molar-refractivity contribution in [1.82, 2.24) is 15.0 Å². The number of nitrogen functional groups attached to an aromatic ring is 1. The first kappa shape index (κ1) is 81.1. The summed E-state index contributed by atoms with van der Waals surface area (Å²) in [4.78, 5) is 97.9. The fourth-order valence-corrected chi connectivity index (χ4v) is 8.27. The largest absolute Gasteiger partial charge is 0.468 e. The monoisotopic (exact) mass is 1290 g/mol. The summed E-state index contributed by atoms with van der Waals surface area (Å²) < 4.78 is 9.35. The Morgan fingerprint density at radius 2 is 0.766 bits per heavy atom. The fraction of sp³-hybridized carbons (Fsp3) is 0.371. The molecule has 24 heteroatoms. The summed E-state index contributed by atoms with van der Waals surface area (Å²) in [6.07, 6.45) is 2.01. The van der Waals surface area contributed by atoms with Gasteiger partial charge in [0, 0.05) is 117 Å². The topological polar surface area (TPSA) is 357 Å². The second kappa shape index (κ2) is 36.8. The Balaban J connectivity index is 0.000000594. The van der Waals surface area contributed by atoms with E-state index in [1.807, 2.05) is 44.2 Å². The number of benzene rings is 5. The van der Waals surface area contributed by atoms with Crippen molar-refractivity contribution in [2.24, 2.45) is 10.8 Å². The lowest BCUT2D eigenvalue weighted by atomic mass is 9.94. The second-order valence-electron chi connectivity index (χ2n) is 22.8. The maximum absolute atomic E-state index is 11.8. The van der Waals surface area contributed by atoms with Gasteiger partial charge in [0.05, 0.1) is 56.4 Å². The van der Waals surface area contributed by atoms with Crippen molar-refractivity contribution >= 4 is 96.3 Å². The number of carbonyl (C=O) groups excluding carboxylic acids is 4. The SMILES string of the molecule is C.C.C.CC(C)c1cc2cc(N)ccc2[nH]1.CC(C)c1cc2cc([N+](=O)[O-])ccc2[nH]1.CC(C)c1cc2cc([N+](=O)[O-])ccc2[nH]1.CCCC(=O)Nc1ccc([N+](=O)[O-])cc1C#CC(C)(C)C(=O)OC.CCCC(=O)Nc1ccc([N+](=O)[O-])cc1C#CC(C)(C)C(=O)OC. The molecule has 94 heavy (non-hydrogen) atoms. The Morgan fingerprint density at radius 1 is 0.479 bits per heavy atom. The van der Waals surface area contributed by atoms with Gasteiger partial charge in [0.1, 0.15) is 10.8 Å². The van der Waals surface area contributed by atoms with Gasteiger partial charge in [0.2, 0.25) is 11.8 Å². The number of nitrogens with two attached hydrogens (primary N) is 1. The van der Waals surface area contributed by atoms with Crippen LogP contribution in [0.2, 0.25) is 0 Å². The summed E-state index contributed by atoms with van der Waals surface area (Å²) in [7, 11) is 2.52. The number of H-pyrrole nitrogens is 3. The minimum atomic E-state index is -1.08. The van der Waals surface area contributed by atoms with E-state index in [9.17, 15) is 59.6 Å². The molecule has 0 aliphatic rings. The van der Waals surface area contributed by atoms with Crippen LogP contribution in [-0.4, -0.2) is 72.6 Å². The minimum absolute atomic E-state index is 0. The van der Waals surface area contributed by atoms with Gasteiger partial charge in [0.25, 0.3) is 22.7 Å². The molecule has 24 nitrogen and oxygen atoms in total. The van der Waals surface area contributed by atoms with Gasteiger partial charge in [-0.25, -0.2) is 0 Å². The Kier molecular flexibility index (Phi) is 31.8. The highest BCUT2D eigenvalue weighted by Crippen LogP contribution is 2.29. The van der Waals surface area contributed by atoms with Gasteiger partial charge in [-0.15, -0.1) is 0 Å².